The monoisotopic (exact) mass is 395 g/mol. The van der Waals surface area contributed by atoms with Gasteiger partial charge in [-0.05, 0) is 60.5 Å². The van der Waals surface area contributed by atoms with Crippen LogP contribution >= 0.6 is 0 Å². The van der Waals surface area contributed by atoms with Gasteiger partial charge in [0.05, 0.1) is 0 Å². The second-order valence-corrected chi connectivity index (χ2v) is 6.46. The van der Waals surface area contributed by atoms with E-state index in [9.17, 15) is 18.4 Å². The van der Waals surface area contributed by atoms with E-state index in [1.165, 1.54) is 30.3 Å². The average molecular weight is 395 g/mol. The molecule has 3 rings (SSSR count). The standard InChI is InChI=1S/C22H19F2N3O2/c1-27(14-11-15-9-12-25-13-10-15)22(29)17-7-5-16(6-8-17)21(28)26-20-18(23)3-2-4-19(20)24/h2-10,12-13H,11,14H2,1H3,(H,26,28). The number of hydrogen-bond donors (Lipinski definition) is 1. The van der Waals surface area contributed by atoms with E-state index in [2.05, 4.69) is 10.3 Å². The first-order chi connectivity index (χ1) is 14.0. The molecule has 0 fully saturated rings. The maximum absolute atomic E-state index is 13.7. The molecule has 0 spiro atoms. The van der Waals surface area contributed by atoms with Crippen molar-refractivity contribution in [2.75, 3.05) is 18.9 Å². The van der Waals surface area contributed by atoms with E-state index in [-0.39, 0.29) is 11.5 Å². The molecule has 1 heterocycles. The Morgan fingerprint density at radius 1 is 0.931 bits per heavy atom. The van der Waals surface area contributed by atoms with Crippen LogP contribution in [0, 0.1) is 11.6 Å². The number of nitrogens with one attached hydrogen (secondary N) is 1. The molecule has 0 saturated heterocycles. The quantitative estimate of drug-likeness (QED) is 0.688. The third-order valence-corrected chi connectivity index (χ3v) is 4.43. The summed E-state index contributed by atoms with van der Waals surface area (Å²) in [6, 6.07) is 13.0. The van der Waals surface area contributed by atoms with Crippen molar-refractivity contribution in [1.29, 1.82) is 0 Å². The van der Waals surface area contributed by atoms with Gasteiger partial charge in [-0.15, -0.1) is 0 Å². The fourth-order valence-corrected chi connectivity index (χ4v) is 2.74. The number of anilines is 1. The number of likely N-dealkylation sites (N-methyl/N-ethyl adjacent to an activating group) is 1. The highest BCUT2D eigenvalue weighted by atomic mass is 19.1. The van der Waals surface area contributed by atoms with Crippen LogP contribution in [0.3, 0.4) is 0 Å². The lowest BCUT2D eigenvalue weighted by molar-refractivity contribution is 0.0796. The summed E-state index contributed by atoms with van der Waals surface area (Å²) in [5.74, 6) is -2.58. The molecule has 3 aromatic rings. The first-order valence-corrected chi connectivity index (χ1v) is 8.95. The number of carbonyl (C=O) groups excluding carboxylic acids is 2. The van der Waals surface area contributed by atoms with Crippen LogP contribution in [0.4, 0.5) is 14.5 Å². The van der Waals surface area contributed by atoms with Crippen molar-refractivity contribution in [1.82, 2.24) is 9.88 Å². The van der Waals surface area contributed by atoms with Gasteiger partial charge in [0, 0.05) is 37.1 Å². The second-order valence-electron chi connectivity index (χ2n) is 6.46. The summed E-state index contributed by atoms with van der Waals surface area (Å²) < 4.78 is 27.3. The SMILES string of the molecule is CN(CCc1ccncc1)C(=O)c1ccc(C(=O)Nc2c(F)cccc2F)cc1. The lowest BCUT2D eigenvalue weighted by atomic mass is 10.1. The number of carbonyl (C=O) groups is 2. The molecule has 0 aliphatic heterocycles. The summed E-state index contributed by atoms with van der Waals surface area (Å²) in [5, 5.41) is 2.22. The predicted octanol–water partition coefficient (Wildman–Crippen LogP) is 3.93. The fourth-order valence-electron chi connectivity index (χ4n) is 2.74. The lowest BCUT2D eigenvalue weighted by Gasteiger charge is -2.17. The molecular formula is C22H19F2N3O2. The molecule has 2 aromatic carbocycles. The lowest BCUT2D eigenvalue weighted by Crippen LogP contribution is -2.28. The molecular weight excluding hydrogens is 376 g/mol. The Hall–Kier alpha value is -3.61. The van der Waals surface area contributed by atoms with Gasteiger partial charge in [0.15, 0.2) is 0 Å². The van der Waals surface area contributed by atoms with Gasteiger partial charge in [-0.3, -0.25) is 14.6 Å². The molecule has 0 atom stereocenters. The number of nitrogens with zero attached hydrogens (tertiary/aromatic N) is 2. The molecule has 0 aliphatic carbocycles. The number of pyridine rings is 1. The highest BCUT2D eigenvalue weighted by Crippen LogP contribution is 2.19. The molecule has 1 aromatic heterocycles. The van der Waals surface area contributed by atoms with Crippen molar-refractivity contribution in [3.63, 3.8) is 0 Å². The normalized spacial score (nSPS) is 10.4. The van der Waals surface area contributed by atoms with E-state index in [0.29, 0.717) is 18.5 Å². The van der Waals surface area contributed by atoms with Crippen LogP contribution in [0.5, 0.6) is 0 Å². The van der Waals surface area contributed by atoms with Crippen molar-refractivity contribution in [3.8, 4) is 0 Å². The Labute approximate surface area is 167 Å². The van der Waals surface area contributed by atoms with Crippen LogP contribution in [0.2, 0.25) is 0 Å². The van der Waals surface area contributed by atoms with Crippen molar-refractivity contribution >= 4 is 17.5 Å². The molecule has 7 heteroatoms. The number of rotatable bonds is 6. The number of hydrogen-bond acceptors (Lipinski definition) is 3. The maximum atomic E-state index is 13.7. The summed E-state index contributed by atoms with van der Waals surface area (Å²) >= 11 is 0. The first-order valence-electron chi connectivity index (χ1n) is 8.95. The third kappa shape index (κ3) is 5.01. The van der Waals surface area contributed by atoms with E-state index >= 15 is 0 Å². The smallest absolute Gasteiger partial charge is 0.255 e. The van der Waals surface area contributed by atoms with Gasteiger partial charge < -0.3 is 10.2 Å². The first kappa shape index (κ1) is 20.1. The Balaban J connectivity index is 1.63. The number of aromatic nitrogens is 1. The minimum absolute atomic E-state index is 0.184. The molecule has 0 aliphatic rings. The number of benzene rings is 2. The fraction of sp³-hybridized carbons (Fsp3) is 0.136. The van der Waals surface area contributed by atoms with Gasteiger partial charge in [-0.2, -0.15) is 0 Å². The summed E-state index contributed by atoms with van der Waals surface area (Å²) in [6.07, 6.45) is 4.10. The Bertz CT molecular complexity index is 988. The van der Waals surface area contributed by atoms with E-state index in [4.69, 9.17) is 0 Å². The van der Waals surface area contributed by atoms with Crippen molar-refractivity contribution < 1.29 is 18.4 Å². The average Bonchev–Trinajstić information content (AvgIpc) is 2.75. The van der Waals surface area contributed by atoms with Crippen LogP contribution in [0.25, 0.3) is 0 Å². The Morgan fingerprint density at radius 2 is 1.52 bits per heavy atom. The zero-order valence-corrected chi connectivity index (χ0v) is 15.7. The van der Waals surface area contributed by atoms with Crippen LogP contribution < -0.4 is 5.32 Å². The van der Waals surface area contributed by atoms with Crippen LogP contribution in [0.1, 0.15) is 26.3 Å². The molecule has 1 N–H and O–H groups in total. The Kier molecular flexibility index (Phi) is 6.29. The molecule has 0 radical (unpaired) electrons. The summed E-state index contributed by atoms with van der Waals surface area (Å²) in [4.78, 5) is 30.3. The highest BCUT2D eigenvalue weighted by molar-refractivity contribution is 6.05. The van der Waals surface area contributed by atoms with Gasteiger partial charge in [0.25, 0.3) is 11.8 Å². The minimum atomic E-state index is -0.860. The van der Waals surface area contributed by atoms with Gasteiger partial charge >= 0.3 is 0 Å². The van der Waals surface area contributed by atoms with E-state index in [1.807, 2.05) is 12.1 Å². The van der Waals surface area contributed by atoms with Gasteiger partial charge in [0.2, 0.25) is 0 Å². The molecule has 0 saturated carbocycles. The molecule has 5 nitrogen and oxygen atoms in total. The molecule has 29 heavy (non-hydrogen) atoms. The maximum Gasteiger partial charge on any atom is 0.255 e. The summed E-state index contributed by atoms with van der Waals surface area (Å²) in [6.45, 7) is 0.525. The zero-order chi connectivity index (χ0) is 20.8. The van der Waals surface area contributed by atoms with Gasteiger partial charge in [-0.25, -0.2) is 8.78 Å². The summed E-state index contributed by atoms with van der Waals surface area (Å²) in [7, 11) is 1.70. The van der Waals surface area contributed by atoms with Crippen molar-refractivity contribution in [2.24, 2.45) is 0 Å². The molecule has 2 amide bonds. The van der Waals surface area contributed by atoms with Crippen molar-refractivity contribution in [2.45, 2.75) is 6.42 Å². The molecule has 0 bridgehead atoms. The summed E-state index contributed by atoms with van der Waals surface area (Å²) in [5.41, 5.74) is 1.17. The zero-order valence-electron chi connectivity index (χ0n) is 15.7. The van der Waals surface area contributed by atoms with Crippen LogP contribution in [0.15, 0.2) is 67.0 Å². The number of para-hydroxylation sites is 1. The van der Waals surface area contributed by atoms with Gasteiger partial charge in [0.1, 0.15) is 17.3 Å². The topological polar surface area (TPSA) is 62.3 Å². The second kappa shape index (κ2) is 9.05. The number of halogens is 2. The largest absolute Gasteiger partial charge is 0.341 e. The minimum Gasteiger partial charge on any atom is -0.341 e. The highest BCUT2D eigenvalue weighted by Gasteiger charge is 2.15. The van der Waals surface area contributed by atoms with E-state index in [0.717, 1.165) is 17.7 Å². The van der Waals surface area contributed by atoms with E-state index in [1.54, 1.807) is 24.3 Å². The third-order valence-electron chi connectivity index (χ3n) is 4.43. The predicted molar refractivity (Wildman–Crippen MR) is 106 cm³/mol. The van der Waals surface area contributed by atoms with Gasteiger partial charge in [-0.1, -0.05) is 6.07 Å². The van der Waals surface area contributed by atoms with Crippen molar-refractivity contribution in [3.05, 3.63) is 95.3 Å². The number of amides is 2. The molecule has 148 valence electrons. The van der Waals surface area contributed by atoms with E-state index < -0.39 is 23.2 Å². The van der Waals surface area contributed by atoms with Crippen LogP contribution in [-0.4, -0.2) is 35.3 Å². The molecule has 0 unspecified atom stereocenters. The van der Waals surface area contributed by atoms with Crippen LogP contribution in [-0.2, 0) is 6.42 Å². The Morgan fingerprint density at radius 3 is 2.14 bits per heavy atom.